The van der Waals surface area contributed by atoms with Gasteiger partial charge < -0.3 is 34.5 Å². The molecule has 2 aromatic carbocycles. The lowest BCUT2D eigenvalue weighted by Gasteiger charge is -2.39. The standard InChI is InChI=1S/C36H41N7O6/c1-36(2,3)39-32(45)23-15-24-17-27(16-23)49-26-7-5-6-22(14-26)21-48-30-10-11-41(35(47)28-18-37-43-13-12-40(4)33(28)43)19-29(30)38-31(44)20-42(34(24)46)25-8-9-25/h5-7,12-18,25,29-30H,8-11,19-21H2,1-4H3,(H,38,44)(H,39,45)/t29-,30+/m1/s1. The largest absolute Gasteiger partial charge is 0.457 e. The zero-order valence-corrected chi connectivity index (χ0v) is 28.1. The summed E-state index contributed by atoms with van der Waals surface area (Å²) in [6.07, 6.45) is 6.87. The zero-order chi connectivity index (χ0) is 34.4. The maximum Gasteiger partial charge on any atom is 0.259 e. The fourth-order valence-electron chi connectivity index (χ4n) is 6.51. The molecule has 0 radical (unpaired) electrons. The van der Waals surface area contributed by atoms with E-state index in [0.29, 0.717) is 35.7 Å². The van der Waals surface area contributed by atoms with E-state index in [4.69, 9.17) is 9.47 Å². The van der Waals surface area contributed by atoms with Crippen LogP contribution in [-0.4, -0.2) is 91.0 Å². The molecule has 13 heteroatoms. The average Bonchev–Trinajstić information content (AvgIpc) is 3.71. The van der Waals surface area contributed by atoms with Gasteiger partial charge in [-0.1, -0.05) is 12.1 Å². The van der Waals surface area contributed by atoms with Crippen LogP contribution in [0.5, 0.6) is 11.5 Å². The second-order valence-electron chi connectivity index (χ2n) is 14.2. The molecule has 256 valence electrons. The van der Waals surface area contributed by atoms with Gasteiger partial charge in [-0.25, -0.2) is 4.52 Å². The molecule has 2 fully saturated rings. The highest BCUT2D eigenvalue weighted by Crippen LogP contribution is 2.31. The molecule has 13 nitrogen and oxygen atoms in total. The molecule has 4 aromatic rings. The molecule has 49 heavy (non-hydrogen) atoms. The van der Waals surface area contributed by atoms with Crippen LogP contribution in [0.1, 0.15) is 76.7 Å². The number of carbonyl (C=O) groups is 4. The highest BCUT2D eigenvalue weighted by molar-refractivity contribution is 6.02. The van der Waals surface area contributed by atoms with Gasteiger partial charge in [0.1, 0.15) is 29.3 Å². The molecule has 4 bridgehead atoms. The molecule has 2 aromatic heterocycles. The predicted molar refractivity (Wildman–Crippen MR) is 179 cm³/mol. The van der Waals surface area contributed by atoms with Gasteiger partial charge in [-0.05, 0) is 75.9 Å². The van der Waals surface area contributed by atoms with Gasteiger partial charge in [0.25, 0.3) is 17.7 Å². The molecule has 1 saturated carbocycles. The molecule has 4 heterocycles. The van der Waals surface area contributed by atoms with E-state index in [1.165, 1.54) is 0 Å². The van der Waals surface area contributed by atoms with Crippen molar-refractivity contribution in [1.82, 2.24) is 34.6 Å². The minimum atomic E-state index is -0.524. The van der Waals surface area contributed by atoms with E-state index in [-0.39, 0.29) is 66.6 Å². The third kappa shape index (κ3) is 7.02. The van der Waals surface area contributed by atoms with Gasteiger partial charge in [0.15, 0.2) is 0 Å². The Bertz CT molecular complexity index is 1940. The number of nitrogens with zero attached hydrogens (tertiary/aromatic N) is 5. The summed E-state index contributed by atoms with van der Waals surface area (Å²) in [6, 6.07) is 11.6. The molecule has 0 unspecified atom stereocenters. The van der Waals surface area contributed by atoms with Gasteiger partial charge in [-0.3, -0.25) is 19.2 Å². The topological polar surface area (TPSA) is 140 Å². The van der Waals surface area contributed by atoms with Crippen molar-refractivity contribution in [2.75, 3.05) is 19.6 Å². The van der Waals surface area contributed by atoms with Crippen molar-refractivity contribution in [3.05, 3.63) is 83.3 Å². The number of rotatable bonds is 3. The first kappa shape index (κ1) is 32.4. The SMILES string of the molecule is Cn1ccn2ncc(C(=O)N3CC[C@@H]4OCc5cccc(c5)Oc5cc(C(=O)NC(C)(C)C)cc(c5)C(=O)N(C5CC5)CC(=O)N[C@@H]4C3)c12. The molecule has 1 aliphatic carbocycles. The number of likely N-dealkylation sites (tertiary alicyclic amines) is 1. The number of aromatic nitrogens is 3. The lowest BCUT2D eigenvalue weighted by Crippen LogP contribution is -2.58. The fourth-order valence-corrected chi connectivity index (χ4v) is 6.51. The summed E-state index contributed by atoms with van der Waals surface area (Å²) in [5.41, 5.74) is 2.04. The number of imidazole rings is 1. The van der Waals surface area contributed by atoms with Crippen LogP contribution in [0.2, 0.25) is 0 Å². The highest BCUT2D eigenvalue weighted by Gasteiger charge is 2.38. The molecule has 1 saturated heterocycles. The van der Waals surface area contributed by atoms with Crippen LogP contribution in [0.4, 0.5) is 0 Å². The third-order valence-corrected chi connectivity index (χ3v) is 9.01. The van der Waals surface area contributed by atoms with Gasteiger partial charge in [-0.2, -0.15) is 5.10 Å². The van der Waals surface area contributed by atoms with E-state index in [9.17, 15) is 19.2 Å². The van der Waals surface area contributed by atoms with Crippen molar-refractivity contribution >= 4 is 29.3 Å². The van der Waals surface area contributed by atoms with Crippen LogP contribution in [0, 0.1) is 0 Å². The number of aryl methyl sites for hydroxylation is 1. The minimum absolute atomic E-state index is 0.100. The molecule has 4 amide bonds. The number of piperidine rings is 1. The van der Waals surface area contributed by atoms with Gasteiger partial charge in [0.05, 0.1) is 24.9 Å². The van der Waals surface area contributed by atoms with E-state index in [0.717, 1.165) is 18.4 Å². The van der Waals surface area contributed by atoms with E-state index in [1.807, 2.05) is 56.8 Å². The normalized spacial score (nSPS) is 20.4. The van der Waals surface area contributed by atoms with Crippen molar-refractivity contribution in [2.24, 2.45) is 7.05 Å². The first-order valence-electron chi connectivity index (χ1n) is 16.7. The van der Waals surface area contributed by atoms with Gasteiger partial charge in [-0.15, -0.1) is 0 Å². The minimum Gasteiger partial charge on any atom is -0.457 e. The van der Waals surface area contributed by atoms with Crippen LogP contribution in [0.3, 0.4) is 0 Å². The van der Waals surface area contributed by atoms with E-state index in [2.05, 4.69) is 15.7 Å². The Morgan fingerprint density at radius 2 is 1.84 bits per heavy atom. The van der Waals surface area contributed by atoms with Crippen molar-refractivity contribution in [3.8, 4) is 11.5 Å². The van der Waals surface area contributed by atoms with Crippen LogP contribution >= 0.6 is 0 Å². The van der Waals surface area contributed by atoms with Gasteiger partial charge in [0, 0.05) is 55.2 Å². The molecular formula is C36H41N7O6. The van der Waals surface area contributed by atoms with Crippen LogP contribution in [0.15, 0.2) is 61.1 Å². The van der Waals surface area contributed by atoms with Gasteiger partial charge >= 0.3 is 0 Å². The smallest absolute Gasteiger partial charge is 0.259 e. The molecule has 3 aliphatic rings. The Labute approximate surface area is 284 Å². The molecule has 7 rings (SSSR count). The molecule has 2 atom stereocenters. The third-order valence-electron chi connectivity index (χ3n) is 9.01. The number of fused-ring (bicyclic) bond motifs is 6. The van der Waals surface area contributed by atoms with E-state index >= 15 is 0 Å². The number of ether oxygens (including phenoxy) is 2. The van der Waals surface area contributed by atoms with E-state index in [1.54, 1.807) is 51.0 Å². The summed E-state index contributed by atoms with van der Waals surface area (Å²) in [5.74, 6) is -0.380. The Morgan fingerprint density at radius 1 is 1.02 bits per heavy atom. The highest BCUT2D eigenvalue weighted by atomic mass is 16.5. The Morgan fingerprint density at radius 3 is 2.61 bits per heavy atom. The number of hydrogen-bond acceptors (Lipinski definition) is 7. The quantitative estimate of drug-likeness (QED) is 0.341. The maximum atomic E-state index is 14.1. The van der Waals surface area contributed by atoms with Crippen LogP contribution in [0.25, 0.3) is 5.65 Å². The summed E-state index contributed by atoms with van der Waals surface area (Å²) in [7, 11) is 1.86. The second kappa shape index (κ2) is 12.7. The number of nitrogens with one attached hydrogen (secondary N) is 2. The van der Waals surface area contributed by atoms with Crippen molar-refractivity contribution in [3.63, 3.8) is 0 Å². The summed E-state index contributed by atoms with van der Waals surface area (Å²) in [5, 5.41) is 10.4. The molecule has 2 aliphatic heterocycles. The Balaban J connectivity index is 1.20. The molecular weight excluding hydrogens is 626 g/mol. The lowest BCUT2D eigenvalue weighted by atomic mass is 10.0. The lowest BCUT2D eigenvalue weighted by molar-refractivity contribution is -0.125. The summed E-state index contributed by atoms with van der Waals surface area (Å²) in [6.45, 7) is 6.39. The molecule has 2 N–H and O–H groups in total. The van der Waals surface area contributed by atoms with Crippen molar-refractivity contribution in [1.29, 1.82) is 0 Å². The number of hydrogen-bond donors (Lipinski definition) is 2. The Kier molecular flexibility index (Phi) is 8.39. The number of carbonyl (C=O) groups excluding carboxylic acids is 4. The summed E-state index contributed by atoms with van der Waals surface area (Å²) >= 11 is 0. The fraction of sp³-hybridized carbons (Fsp3) is 0.417. The molecule has 0 spiro atoms. The number of benzene rings is 2. The first-order valence-corrected chi connectivity index (χ1v) is 16.7. The van der Waals surface area contributed by atoms with Crippen LogP contribution in [-0.2, 0) is 23.2 Å². The van der Waals surface area contributed by atoms with Crippen molar-refractivity contribution in [2.45, 2.75) is 70.4 Å². The average molecular weight is 668 g/mol. The van der Waals surface area contributed by atoms with Gasteiger partial charge in [0.2, 0.25) is 5.91 Å². The maximum absolute atomic E-state index is 14.1. The summed E-state index contributed by atoms with van der Waals surface area (Å²) < 4.78 is 16.2. The first-order chi connectivity index (χ1) is 23.4. The predicted octanol–water partition coefficient (Wildman–Crippen LogP) is 3.53. The monoisotopic (exact) mass is 667 g/mol. The Hall–Kier alpha value is -5.17. The zero-order valence-electron chi connectivity index (χ0n) is 28.1. The van der Waals surface area contributed by atoms with Crippen LogP contribution < -0.4 is 15.4 Å². The summed E-state index contributed by atoms with van der Waals surface area (Å²) in [4.78, 5) is 58.2. The second-order valence-corrected chi connectivity index (χ2v) is 14.2. The number of amides is 4. The van der Waals surface area contributed by atoms with E-state index < -0.39 is 11.6 Å². The van der Waals surface area contributed by atoms with Crippen molar-refractivity contribution < 1.29 is 28.7 Å².